The van der Waals surface area contributed by atoms with Gasteiger partial charge < -0.3 is 20.4 Å². The number of rotatable bonds is 10. The Bertz CT molecular complexity index is 2190. The molecule has 4 aliphatic rings. The Hall–Kier alpha value is -5.50. The third-order valence-electron chi connectivity index (χ3n) is 12.4. The predicted molar refractivity (Wildman–Crippen MR) is 216 cm³/mol. The molecule has 4 fully saturated rings. The second kappa shape index (κ2) is 17.6. The van der Waals surface area contributed by atoms with Gasteiger partial charge in [0.2, 0.25) is 23.7 Å². The maximum absolute atomic E-state index is 15.2. The Balaban J connectivity index is 0.761. The molecule has 3 saturated heterocycles. The number of halogens is 2. The van der Waals surface area contributed by atoms with Gasteiger partial charge in [-0.2, -0.15) is 0 Å². The minimum Gasteiger partial charge on any atom is -0.374 e. The molecule has 2 aromatic carbocycles. The Kier molecular flexibility index (Phi) is 11.9. The van der Waals surface area contributed by atoms with E-state index < -0.39 is 11.9 Å². The largest absolute Gasteiger partial charge is 0.374 e. The van der Waals surface area contributed by atoms with E-state index in [4.69, 9.17) is 0 Å². The topological polar surface area (TPSA) is 142 Å². The molecule has 1 atom stereocenters. The number of anilines is 2. The van der Waals surface area contributed by atoms with Gasteiger partial charge in [0, 0.05) is 67.2 Å². The fourth-order valence-corrected chi connectivity index (χ4v) is 9.12. The summed E-state index contributed by atoms with van der Waals surface area (Å²) in [4.78, 5) is 62.8. The summed E-state index contributed by atoms with van der Waals surface area (Å²) >= 11 is 0. The summed E-state index contributed by atoms with van der Waals surface area (Å²) in [7, 11) is 0. The quantitative estimate of drug-likeness (QED) is 0.168. The van der Waals surface area contributed by atoms with Crippen molar-refractivity contribution >= 4 is 29.4 Å². The van der Waals surface area contributed by atoms with Crippen molar-refractivity contribution in [1.29, 1.82) is 0 Å². The van der Waals surface area contributed by atoms with Crippen molar-refractivity contribution in [3.05, 3.63) is 101 Å². The van der Waals surface area contributed by atoms with Gasteiger partial charge in [-0.15, -0.1) is 0 Å². The van der Waals surface area contributed by atoms with Crippen molar-refractivity contribution in [2.45, 2.75) is 82.2 Å². The Morgan fingerprint density at radius 2 is 1.60 bits per heavy atom. The maximum Gasteiger partial charge on any atom is 0.255 e. The second-order valence-corrected chi connectivity index (χ2v) is 16.3. The fourth-order valence-electron chi connectivity index (χ4n) is 9.12. The number of carbonyl (C=O) groups excluding carboxylic acids is 3. The summed E-state index contributed by atoms with van der Waals surface area (Å²) in [5.74, 6) is -0.233. The standard InChI is InChI=1S/C44H50F2N8O4/c45-36-25-33(48-38-13-14-39(55)50-42(38)57)11-12-35(36)29-17-20-52(21-18-29)27-28-15-22-53(23-16-28)43(58)30-7-9-32(10-8-30)49-44-47-26-37(46)41(51-44)31-4-3-5-34(24-31)54-19-2-1-6-40(54)56/h1-6,11-12,19,24-26,28-30,32,38,48H,7-10,13-18,20-23,27H2,(H,47,49,51)(H,50,55,57)/t30?,32?,38-/m0/s1. The van der Waals surface area contributed by atoms with Crippen LogP contribution in [0, 0.1) is 23.5 Å². The number of benzene rings is 2. The smallest absolute Gasteiger partial charge is 0.255 e. The van der Waals surface area contributed by atoms with Crippen LogP contribution in [0.15, 0.2) is 77.9 Å². The normalized spacial score (nSPS) is 22.4. The van der Waals surface area contributed by atoms with Gasteiger partial charge in [0.25, 0.3) is 5.56 Å². The van der Waals surface area contributed by atoms with Crippen LogP contribution in [0.3, 0.4) is 0 Å². The van der Waals surface area contributed by atoms with E-state index in [1.165, 1.54) is 22.9 Å². The van der Waals surface area contributed by atoms with Gasteiger partial charge in [0.05, 0.1) is 6.20 Å². The zero-order chi connectivity index (χ0) is 40.2. The van der Waals surface area contributed by atoms with E-state index in [0.717, 1.165) is 84.1 Å². The number of pyridine rings is 1. The number of piperidine rings is 3. The lowest BCUT2D eigenvalue weighted by molar-refractivity contribution is -0.138. The molecule has 3 N–H and O–H groups in total. The Labute approximate surface area is 336 Å². The maximum atomic E-state index is 15.2. The van der Waals surface area contributed by atoms with Crippen molar-refractivity contribution in [2.24, 2.45) is 11.8 Å². The van der Waals surface area contributed by atoms with Crippen LogP contribution in [0.4, 0.5) is 20.4 Å². The molecule has 5 heterocycles. The molecule has 3 aliphatic heterocycles. The molecule has 14 heteroatoms. The molecule has 2 aromatic heterocycles. The fraction of sp³-hybridized carbons (Fsp3) is 0.455. The molecular weight excluding hydrogens is 743 g/mol. The van der Waals surface area contributed by atoms with Crippen molar-refractivity contribution in [3.63, 3.8) is 0 Å². The minimum absolute atomic E-state index is 0.00914. The van der Waals surface area contributed by atoms with Crippen molar-refractivity contribution in [1.82, 2.24) is 29.7 Å². The number of carbonyl (C=O) groups is 3. The first-order valence-corrected chi connectivity index (χ1v) is 20.6. The summed E-state index contributed by atoms with van der Waals surface area (Å²) in [6.07, 6.45) is 10.3. The van der Waals surface area contributed by atoms with Crippen molar-refractivity contribution in [3.8, 4) is 16.9 Å². The van der Waals surface area contributed by atoms with Gasteiger partial charge in [-0.3, -0.25) is 29.1 Å². The number of amides is 3. The van der Waals surface area contributed by atoms with Gasteiger partial charge in [0.15, 0.2) is 5.82 Å². The zero-order valence-corrected chi connectivity index (χ0v) is 32.5. The first kappa shape index (κ1) is 39.3. The lowest BCUT2D eigenvalue weighted by Crippen LogP contribution is -2.47. The van der Waals surface area contributed by atoms with Gasteiger partial charge in [-0.25, -0.2) is 18.7 Å². The molecule has 0 spiro atoms. The molecular formula is C44H50F2N8O4. The Morgan fingerprint density at radius 3 is 2.34 bits per heavy atom. The molecule has 4 aromatic rings. The van der Waals surface area contributed by atoms with Crippen LogP contribution in [0.5, 0.6) is 0 Å². The second-order valence-electron chi connectivity index (χ2n) is 16.3. The monoisotopic (exact) mass is 792 g/mol. The zero-order valence-electron chi connectivity index (χ0n) is 32.5. The summed E-state index contributed by atoms with van der Waals surface area (Å²) in [5, 5.41) is 8.77. The third-order valence-corrected chi connectivity index (χ3v) is 12.4. The molecule has 12 nitrogen and oxygen atoms in total. The van der Waals surface area contributed by atoms with E-state index in [-0.39, 0.29) is 59.1 Å². The highest BCUT2D eigenvalue weighted by molar-refractivity contribution is 6.01. The summed E-state index contributed by atoms with van der Waals surface area (Å²) in [5.41, 5.74) is 2.38. The number of aromatic nitrogens is 3. The third kappa shape index (κ3) is 9.12. The van der Waals surface area contributed by atoms with Crippen LogP contribution in [-0.2, 0) is 14.4 Å². The van der Waals surface area contributed by atoms with Gasteiger partial charge in [-0.1, -0.05) is 24.3 Å². The first-order chi connectivity index (χ1) is 28.2. The van der Waals surface area contributed by atoms with E-state index in [2.05, 4.69) is 35.7 Å². The molecule has 0 radical (unpaired) electrons. The highest BCUT2D eigenvalue weighted by Gasteiger charge is 2.33. The van der Waals surface area contributed by atoms with Crippen LogP contribution in [0.2, 0.25) is 0 Å². The van der Waals surface area contributed by atoms with Crippen LogP contribution in [-0.4, -0.2) is 86.9 Å². The van der Waals surface area contributed by atoms with E-state index in [1.807, 2.05) is 12.1 Å². The van der Waals surface area contributed by atoms with Gasteiger partial charge in [0.1, 0.15) is 17.6 Å². The minimum atomic E-state index is -0.551. The molecule has 58 heavy (non-hydrogen) atoms. The van der Waals surface area contributed by atoms with E-state index >= 15 is 4.39 Å². The average Bonchev–Trinajstić information content (AvgIpc) is 3.23. The summed E-state index contributed by atoms with van der Waals surface area (Å²) in [6.45, 7) is 4.36. The van der Waals surface area contributed by atoms with Crippen LogP contribution >= 0.6 is 0 Å². The van der Waals surface area contributed by atoms with E-state index in [1.54, 1.807) is 42.6 Å². The molecule has 0 bridgehead atoms. The molecule has 1 saturated carbocycles. The number of likely N-dealkylation sites (tertiary alicyclic amines) is 2. The van der Waals surface area contributed by atoms with Crippen LogP contribution < -0.4 is 21.5 Å². The number of nitrogens with one attached hydrogen (secondary N) is 3. The highest BCUT2D eigenvalue weighted by atomic mass is 19.1. The number of nitrogens with zero attached hydrogens (tertiary/aromatic N) is 5. The Morgan fingerprint density at radius 1 is 0.810 bits per heavy atom. The van der Waals surface area contributed by atoms with Gasteiger partial charge >= 0.3 is 0 Å². The molecule has 0 unspecified atom stereocenters. The van der Waals surface area contributed by atoms with Crippen molar-refractivity contribution < 1.29 is 23.2 Å². The first-order valence-electron chi connectivity index (χ1n) is 20.6. The van der Waals surface area contributed by atoms with Gasteiger partial charge in [-0.05, 0) is 119 Å². The van der Waals surface area contributed by atoms with Crippen LogP contribution in [0.25, 0.3) is 16.9 Å². The highest BCUT2D eigenvalue weighted by Crippen LogP contribution is 2.34. The van der Waals surface area contributed by atoms with Crippen LogP contribution in [0.1, 0.15) is 75.7 Å². The van der Waals surface area contributed by atoms with E-state index in [0.29, 0.717) is 40.8 Å². The average molecular weight is 793 g/mol. The lowest BCUT2D eigenvalue weighted by Gasteiger charge is -2.39. The molecule has 3 amide bonds. The molecule has 1 aliphatic carbocycles. The van der Waals surface area contributed by atoms with E-state index in [9.17, 15) is 23.6 Å². The number of hydrogen-bond acceptors (Lipinski definition) is 9. The molecule has 8 rings (SSSR count). The molecule has 304 valence electrons. The predicted octanol–water partition coefficient (Wildman–Crippen LogP) is 5.88. The lowest BCUT2D eigenvalue weighted by atomic mass is 9.84. The summed E-state index contributed by atoms with van der Waals surface area (Å²) in [6, 6.07) is 16.6. The SMILES string of the molecule is O=C1CC[C@H](Nc2ccc(C3CCN(CC4CCN(C(=O)C5CCC(Nc6ncc(F)c(-c7cccc(-n8ccccc8=O)c7)n6)CC5)CC4)CC3)c(F)c2)C(=O)N1. The number of hydrogen-bond donors (Lipinski definition) is 3. The summed E-state index contributed by atoms with van der Waals surface area (Å²) < 4.78 is 31.7. The van der Waals surface area contributed by atoms with Crippen molar-refractivity contribution in [2.75, 3.05) is 43.4 Å². The number of imide groups is 1.